The molecule has 1 aromatic heterocycles. The number of pyridine rings is 1. The highest BCUT2D eigenvalue weighted by molar-refractivity contribution is 5.98. The molecule has 0 bridgehead atoms. The van der Waals surface area contributed by atoms with E-state index < -0.39 is 0 Å². The van der Waals surface area contributed by atoms with E-state index in [1.54, 1.807) is 30.2 Å². The number of rotatable bonds is 5. The van der Waals surface area contributed by atoms with Crippen LogP contribution in [-0.4, -0.2) is 48.6 Å². The summed E-state index contributed by atoms with van der Waals surface area (Å²) in [5, 5.41) is 2.95. The van der Waals surface area contributed by atoms with Crippen LogP contribution in [0.5, 0.6) is 5.75 Å². The summed E-state index contributed by atoms with van der Waals surface area (Å²) < 4.78 is 5.34. The van der Waals surface area contributed by atoms with Crippen LogP contribution in [0, 0.1) is 6.92 Å². The molecule has 3 amide bonds. The first-order chi connectivity index (χ1) is 13.0. The number of methoxy groups -OCH3 is 1. The predicted molar refractivity (Wildman–Crippen MR) is 103 cm³/mol. The maximum absolute atomic E-state index is 12.5. The van der Waals surface area contributed by atoms with Gasteiger partial charge in [0.1, 0.15) is 5.75 Å². The lowest BCUT2D eigenvalue weighted by atomic mass is 10.2. The Morgan fingerprint density at radius 1 is 1.37 bits per heavy atom. The van der Waals surface area contributed by atoms with Crippen LogP contribution in [0.15, 0.2) is 42.6 Å². The second-order valence-electron chi connectivity index (χ2n) is 6.69. The van der Waals surface area contributed by atoms with Crippen molar-refractivity contribution >= 4 is 17.6 Å². The number of carbonyl (C=O) groups excluding carboxylic acids is 2. The van der Waals surface area contributed by atoms with E-state index in [0.717, 1.165) is 16.9 Å². The van der Waals surface area contributed by atoms with Crippen molar-refractivity contribution in [2.45, 2.75) is 25.9 Å². The largest absolute Gasteiger partial charge is 0.495 e. The first kappa shape index (κ1) is 18.7. The van der Waals surface area contributed by atoms with Crippen molar-refractivity contribution in [2.75, 3.05) is 25.6 Å². The highest BCUT2D eigenvalue weighted by atomic mass is 16.5. The third-order valence-electron chi connectivity index (χ3n) is 4.56. The fourth-order valence-electron chi connectivity index (χ4n) is 3.22. The number of ether oxygens (including phenoxy) is 1. The molecule has 0 spiro atoms. The van der Waals surface area contributed by atoms with Crippen molar-refractivity contribution in [2.24, 2.45) is 0 Å². The quantitative estimate of drug-likeness (QED) is 0.879. The molecule has 3 rings (SSSR count). The fraction of sp³-hybridized carbons (Fsp3) is 0.350. The number of benzene rings is 1. The fourth-order valence-corrected chi connectivity index (χ4v) is 3.22. The van der Waals surface area contributed by atoms with Crippen LogP contribution in [0.25, 0.3) is 0 Å². The Morgan fingerprint density at radius 2 is 2.15 bits per heavy atom. The number of nitrogens with one attached hydrogen (secondary N) is 1. The zero-order chi connectivity index (χ0) is 19.4. The highest BCUT2D eigenvalue weighted by Crippen LogP contribution is 2.31. The molecule has 1 atom stereocenters. The van der Waals surface area contributed by atoms with Gasteiger partial charge < -0.3 is 19.9 Å². The molecule has 1 fully saturated rings. The summed E-state index contributed by atoms with van der Waals surface area (Å²) in [5.74, 6) is 0.611. The summed E-state index contributed by atoms with van der Waals surface area (Å²) in [6.07, 6.45) is 2.00. The number of hydrogen-bond acceptors (Lipinski definition) is 4. The van der Waals surface area contributed by atoms with Gasteiger partial charge in [-0.05, 0) is 36.8 Å². The number of anilines is 1. The van der Waals surface area contributed by atoms with Crippen LogP contribution in [-0.2, 0) is 11.3 Å². The van der Waals surface area contributed by atoms with Gasteiger partial charge in [0.05, 0.1) is 18.8 Å². The Balaban J connectivity index is 1.61. The van der Waals surface area contributed by atoms with E-state index in [2.05, 4.69) is 10.3 Å². The second kappa shape index (κ2) is 8.07. The minimum atomic E-state index is -0.239. The van der Waals surface area contributed by atoms with Gasteiger partial charge in [0.2, 0.25) is 5.91 Å². The number of aryl methyl sites for hydroxylation is 1. The molecule has 0 saturated carbocycles. The van der Waals surface area contributed by atoms with Gasteiger partial charge in [0.15, 0.2) is 0 Å². The molecule has 142 valence electrons. The van der Waals surface area contributed by atoms with Gasteiger partial charge in [-0.25, -0.2) is 4.79 Å². The number of hydrogen-bond donors (Lipinski definition) is 1. The molecule has 1 aliphatic heterocycles. The third kappa shape index (κ3) is 4.36. The lowest BCUT2D eigenvalue weighted by Crippen LogP contribution is -2.44. The molecule has 2 heterocycles. The Morgan fingerprint density at radius 3 is 2.89 bits per heavy atom. The van der Waals surface area contributed by atoms with Crippen LogP contribution in [0.1, 0.15) is 17.7 Å². The molecule has 0 aliphatic carbocycles. The third-order valence-corrected chi connectivity index (χ3v) is 4.56. The van der Waals surface area contributed by atoms with Crippen LogP contribution in [0.4, 0.5) is 10.5 Å². The van der Waals surface area contributed by atoms with Gasteiger partial charge in [0, 0.05) is 38.4 Å². The maximum Gasteiger partial charge on any atom is 0.317 e. The van der Waals surface area contributed by atoms with Crippen LogP contribution in [0.2, 0.25) is 0 Å². The molecule has 27 heavy (non-hydrogen) atoms. The number of carbonyl (C=O) groups is 2. The van der Waals surface area contributed by atoms with Gasteiger partial charge >= 0.3 is 6.03 Å². The van der Waals surface area contributed by atoms with Crippen molar-refractivity contribution in [3.8, 4) is 5.75 Å². The average Bonchev–Trinajstić information content (AvgIpc) is 3.01. The molecular formula is C20H24N4O3. The molecule has 0 unspecified atom stereocenters. The zero-order valence-electron chi connectivity index (χ0n) is 15.8. The first-order valence-corrected chi connectivity index (χ1v) is 8.84. The predicted octanol–water partition coefficient (Wildman–Crippen LogP) is 2.35. The lowest BCUT2D eigenvalue weighted by molar-refractivity contribution is -0.117. The average molecular weight is 368 g/mol. The van der Waals surface area contributed by atoms with Crippen molar-refractivity contribution in [1.82, 2.24) is 15.2 Å². The van der Waals surface area contributed by atoms with E-state index in [1.807, 2.05) is 43.3 Å². The molecule has 7 heteroatoms. The van der Waals surface area contributed by atoms with E-state index in [4.69, 9.17) is 4.74 Å². The van der Waals surface area contributed by atoms with Crippen molar-refractivity contribution in [3.05, 3.63) is 53.9 Å². The number of amides is 3. The summed E-state index contributed by atoms with van der Waals surface area (Å²) in [7, 11) is 3.31. The van der Waals surface area contributed by atoms with Gasteiger partial charge in [0.25, 0.3) is 0 Å². The van der Waals surface area contributed by atoms with Gasteiger partial charge in [-0.3, -0.25) is 9.78 Å². The van der Waals surface area contributed by atoms with Gasteiger partial charge in [-0.2, -0.15) is 0 Å². The highest BCUT2D eigenvalue weighted by Gasteiger charge is 2.33. The molecule has 1 saturated heterocycles. The van der Waals surface area contributed by atoms with E-state index in [-0.39, 0.29) is 24.4 Å². The molecule has 0 radical (unpaired) electrons. The molecular weight excluding hydrogens is 344 g/mol. The minimum Gasteiger partial charge on any atom is -0.495 e. The summed E-state index contributed by atoms with van der Waals surface area (Å²) >= 11 is 0. The van der Waals surface area contributed by atoms with Crippen molar-refractivity contribution < 1.29 is 14.3 Å². The van der Waals surface area contributed by atoms with Crippen LogP contribution < -0.4 is 15.0 Å². The molecule has 1 N–H and O–H groups in total. The van der Waals surface area contributed by atoms with Crippen molar-refractivity contribution in [3.63, 3.8) is 0 Å². The monoisotopic (exact) mass is 368 g/mol. The van der Waals surface area contributed by atoms with E-state index in [9.17, 15) is 9.59 Å². The summed E-state index contributed by atoms with van der Waals surface area (Å²) in [6.45, 7) is 2.82. The number of nitrogens with zero attached hydrogens (tertiary/aromatic N) is 3. The topological polar surface area (TPSA) is 74.8 Å². The van der Waals surface area contributed by atoms with E-state index in [1.165, 1.54) is 0 Å². The molecule has 7 nitrogen and oxygen atoms in total. The van der Waals surface area contributed by atoms with Crippen LogP contribution in [0.3, 0.4) is 0 Å². The molecule has 2 aromatic rings. The first-order valence-electron chi connectivity index (χ1n) is 8.84. The van der Waals surface area contributed by atoms with Gasteiger partial charge in [-0.15, -0.1) is 0 Å². The Labute approximate surface area is 158 Å². The zero-order valence-corrected chi connectivity index (χ0v) is 15.8. The smallest absolute Gasteiger partial charge is 0.317 e. The standard InChI is InChI=1S/C20H24N4O3/c1-14-10-15(8-9-21-14)12-23(2)20(26)22-16-11-19(25)24(13-16)17-6-4-5-7-18(17)27-3/h4-10,16H,11-13H2,1-3H3,(H,22,26)/t16-/m0/s1. The molecule has 1 aromatic carbocycles. The Bertz CT molecular complexity index is 839. The van der Waals surface area contributed by atoms with Crippen LogP contribution >= 0.6 is 0 Å². The number of urea groups is 1. The Hall–Kier alpha value is -3.09. The molecule has 1 aliphatic rings. The summed E-state index contributed by atoms with van der Waals surface area (Å²) in [5.41, 5.74) is 2.65. The summed E-state index contributed by atoms with van der Waals surface area (Å²) in [4.78, 5) is 32.4. The number of aromatic nitrogens is 1. The Kier molecular flexibility index (Phi) is 5.59. The van der Waals surface area contributed by atoms with Gasteiger partial charge in [-0.1, -0.05) is 12.1 Å². The second-order valence-corrected chi connectivity index (χ2v) is 6.69. The maximum atomic E-state index is 12.5. The SMILES string of the molecule is COc1ccccc1N1C[C@@H](NC(=O)N(C)Cc2ccnc(C)c2)CC1=O. The normalized spacial score (nSPS) is 16.3. The lowest BCUT2D eigenvalue weighted by Gasteiger charge is -2.22. The van der Waals surface area contributed by atoms with E-state index in [0.29, 0.717) is 18.8 Å². The summed E-state index contributed by atoms with van der Waals surface area (Å²) in [6, 6.07) is 10.8. The number of para-hydroxylation sites is 2. The minimum absolute atomic E-state index is 0.0304. The van der Waals surface area contributed by atoms with E-state index >= 15 is 0 Å². The van der Waals surface area contributed by atoms with Crippen molar-refractivity contribution in [1.29, 1.82) is 0 Å².